The minimum absolute atomic E-state index is 1.08. The zero-order valence-electron chi connectivity index (χ0n) is 13.0. The van der Waals surface area contributed by atoms with Gasteiger partial charge in [0.25, 0.3) is 0 Å². The Kier molecular flexibility index (Phi) is 7.60. The molecule has 0 aromatic heterocycles. The smallest absolute Gasteiger partial charge is 0.0703 e. The van der Waals surface area contributed by atoms with Crippen LogP contribution in [0, 0.1) is 0 Å². The van der Waals surface area contributed by atoms with Crippen LogP contribution in [-0.4, -0.2) is 72.7 Å². The van der Waals surface area contributed by atoms with E-state index in [-0.39, 0.29) is 0 Å². The van der Waals surface area contributed by atoms with Crippen molar-refractivity contribution in [2.24, 2.45) is 0 Å². The summed E-state index contributed by atoms with van der Waals surface area (Å²) in [6.45, 7) is 14.3. The lowest BCUT2D eigenvalue weighted by Crippen LogP contribution is -2.38. The molecule has 0 aromatic carbocycles. The molecule has 0 radical (unpaired) electrons. The molecule has 4 heteroatoms. The number of hydrogen-bond donors (Lipinski definition) is 0. The number of rotatable bonds is 3. The third-order valence-corrected chi connectivity index (χ3v) is 3.48. The lowest BCUT2D eigenvalue weighted by molar-refractivity contribution is 0.182. The third kappa shape index (κ3) is 6.12. The first-order valence-corrected chi connectivity index (χ1v) is 7.41. The minimum Gasteiger partial charge on any atom is -0.365 e. The predicted molar refractivity (Wildman–Crippen MR) is 82.7 cm³/mol. The molecule has 0 saturated heterocycles. The van der Waals surface area contributed by atoms with Crippen LogP contribution >= 0.6 is 0 Å². The average Bonchev–Trinajstić information content (AvgIpc) is 2.48. The van der Waals surface area contributed by atoms with E-state index in [4.69, 9.17) is 0 Å². The van der Waals surface area contributed by atoms with E-state index in [2.05, 4.69) is 72.0 Å². The maximum atomic E-state index is 2.41. The van der Waals surface area contributed by atoms with Gasteiger partial charge in [-0.3, -0.25) is 9.80 Å². The molecule has 2 rings (SSSR count). The van der Waals surface area contributed by atoms with E-state index in [1.54, 1.807) is 0 Å². The fourth-order valence-electron chi connectivity index (χ4n) is 2.14. The molecular formula is C15H30N4. The second-order valence-electron chi connectivity index (χ2n) is 5.07. The Morgan fingerprint density at radius 3 is 1.84 bits per heavy atom. The van der Waals surface area contributed by atoms with E-state index in [9.17, 15) is 0 Å². The Labute approximate surface area is 119 Å². The number of nitrogens with zero attached hydrogens (tertiary/aromatic N) is 4. The van der Waals surface area contributed by atoms with Crippen molar-refractivity contribution >= 4 is 0 Å². The zero-order valence-corrected chi connectivity index (χ0v) is 13.0. The van der Waals surface area contributed by atoms with Crippen molar-refractivity contribution < 1.29 is 0 Å². The van der Waals surface area contributed by atoms with Crippen molar-refractivity contribution in [2.75, 3.05) is 53.1 Å². The van der Waals surface area contributed by atoms with E-state index in [1.807, 2.05) is 0 Å². The second kappa shape index (κ2) is 8.99. The first-order chi connectivity index (χ1) is 9.19. The maximum absolute atomic E-state index is 2.41. The van der Waals surface area contributed by atoms with Gasteiger partial charge in [0.1, 0.15) is 0 Å². The molecule has 2 aliphatic heterocycles. The Morgan fingerprint density at radius 1 is 0.789 bits per heavy atom. The molecule has 19 heavy (non-hydrogen) atoms. The molecule has 0 bridgehead atoms. The van der Waals surface area contributed by atoms with Gasteiger partial charge in [-0.05, 0) is 39.8 Å². The lowest BCUT2D eigenvalue weighted by atomic mass is 10.4. The topological polar surface area (TPSA) is 13.0 Å². The van der Waals surface area contributed by atoms with Gasteiger partial charge in [-0.25, -0.2) is 0 Å². The van der Waals surface area contributed by atoms with Crippen LogP contribution < -0.4 is 0 Å². The molecule has 0 aliphatic carbocycles. The van der Waals surface area contributed by atoms with Crippen molar-refractivity contribution in [3.63, 3.8) is 0 Å². The van der Waals surface area contributed by atoms with Crippen LogP contribution in [0.5, 0.6) is 0 Å². The van der Waals surface area contributed by atoms with Gasteiger partial charge >= 0.3 is 0 Å². The Balaban J connectivity index is 0.000000191. The summed E-state index contributed by atoms with van der Waals surface area (Å²) in [6, 6.07) is 0. The molecule has 0 amide bonds. The summed E-state index contributed by atoms with van der Waals surface area (Å²) in [5, 5.41) is 0. The van der Waals surface area contributed by atoms with Crippen molar-refractivity contribution in [1.82, 2.24) is 19.6 Å². The summed E-state index contributed by atoms with van der Waals surface area (Å²) in [7, 11) is 2.13. The normalized spacial score (nSPS) is 20.4. The Morgan fingerprint density at radius 2 is 1.37 bits per heavy atom. The van der Waals surface area contributed by atoms with Crippen LogP contribution in [0.15, 0.2) is 24.6 Å². The fraction of sp³-hybridized carbons (Fsp3) is 0.733. The molecule has 0 atom stereocenters. The van der Waals surface area contributed by atoms with Gasteiger partial charge in [0.15, 0.2) is 0 Å². The predicted octanol–water partition coefficient (Wildman–Crippen LogP) is 1.84. The van der Waals surface area contributed by atoms with Crippen molar-refractivity contribution in [3.05, 3.63) is 24.6 Å². The summed E-state index contributed by atoms with van der Waals surface area (Å²) < 4.78 is 0. The molecule has 2 aliphatic rings. The summed E-state index contributed by atoms with van der Waals surface area (Å²) in [5.41, 5.74) is 0. The van der Waals surface area contributed by atoms with Gasteiger partial charge < -0.3 is 9.80 Å². The van der Waals surface area contributed by atoms with Crippen molar-refractivity contribution in [3.8, 4) is 0 Å². The quantitative estimate of drug-likeness (QED) is 0.773. The minimum atomic E-state index is 1.08. The first-order valence-electron chi connectivity index (χ1n) is 7.41. The molecular weight excluding hydrogens is 236 g/mol. The molecule has 4 nitrogen and oxygen atoms in total. The van der Waals surface area contributed by atoms with Crippen LogP contribution in [-0.2, 0) is 0 Å². The molecule has 110 valence electrons. The van der Waals surface area contributed by atoms with Gasteiger partial charge in [0.05, 0.1) is 13.3 Å². The molecule has 0 spiro atoms. The third-order valence-electron chi connectivity index (χ3n) is 3.48. The van der Waals surface area contributed by atoms with Crippen molar-refractivity contribution in [2.45, 2.75) is 20.8 Å². The van der Waals surface area contributed by atoms with Crippen LogP contribution in [0.25, 0.3) is 0 Å². The van der Waals surface area contributed by atoms with E-state index >= 15 is 0 Å². The van der Waals surface area contributed by atoms with Gasteiger partial charge in [-0.15, -0.1) is 0 Å². The highest BCUT2D eigenvalue weighted by Gasteiger charge is 2.07. The van der Waals surface area contributed by atoms with Crippen LogP contribution in [0.1, 0.15) is 20.8 Å². The van der Waals surface area contributed by atoms with Gasteiger partial charge in [0.2, 0.25) is 0 Å². The summed E-state index contributed by atoms with van der Waals surface area (Å²) in [6.07, 6.45) is 8.76. The molecule has 2 heterocycles. The highest BCUT2D eigenvalue weighted by Crippen LogP contribution is 2.01. The number of hydrogen-bond acceptors (Lipinski definition) is 4. The molecule has 0 fully saturated rings. The SMILES string of the molecule is CCN1C=CCN(C)C1.CCN1C=CCN(CC)C1. The fourth-order valence-corrected chi connectivity index (χ4v) is 2.14. The van der Waals surface area contributed by atoms with E-state index < -0.39 is 0 Å². The van der Waals surface area contributed by atoms with Crippen LogP contribution in [0.2, 0.25) is 0 Å². The molecule has 0 aromatic rings. The maximum Gasteiger partial charge on any atom is 0.0703 e. The lowest BCUT2D eigenvalue weighted by Gasteiger charge is -2.30. The molecule has 0 N–H and O–H groups in total. The van der Waals surface area contributed by atoms with Gasteiger partial charge in [0, 0.05) is 26.2 Å². The van der Waals surface area contributed by atoms with E-state index in [0.29, 0.717) is 0 Å². The number of likely N-dealkylation sites (N-methyl/N-ethyl adjacent to an activating group) is 2. The molecule has 0 saturated carbocycles. The van der Waals surface area contributed by atoms with Gasteiger partial charge in [-0.2, -0.15) is 0 Å². The highest BCUT2D eigenvalue weighted by atomic mass is 15.3. The Hall–Kier alpha value is -1.00. The summed E-state index contributed by atoms with van der Waals surface area (Å²) >= 11 is 0. The highest BCUT2D eigenvalue weighted by molar-refractivity contribution is 4.89. The van der Waals surface area contributed by atoms with E-state index in [1.165, 1.54) is 0 Å². The van der Waals surface area contributed by atoms with Crippen LogP contribution in [0.3, 0.4) is 0 Å². The summed E-state index contributed by atoms with van der Waals surface area (Å²) in [4.78, 5) is 9.28. The standard InChI is InChI=1S/C8H16N2.C7H14N2/c1-3-9-6-5-7-10(4-2)8-9;1-3-9-6-4-5-8(2)7-9/h5-6H,3-4,7-8H2,1-2H3;4,6H,3,5,7H2,1-2H3. The Bertz CT molecular complexity index is 288. The van der Waals surface area contributed by atoms with Gasteiger partial charge in [-0.1, -0.05) is 19.1 Å². The first kappa shape index (κ1) is 16.1. The second-order valence-corrected chi connectivity index (χ2v) is 5.07. The van der Waals surface area contributed by atoms with E-state index in [0.717, 1.165) is 46.1 Å². The molecule has 0 unspecified atom stereocenters. The van der Waals surface area contributed by atoms with Crippen molar-refractivity contribution in [1.29, 1.82) is 0 Å². The van der Waals surface area contributed by atoms with Crippen LogP contribution in [0.4, 0.5) is 0 Å². The average molecular weight is 266 g/mol. The monoisotopic (exact) mass is 266 g/mol. The largest absolute Gasteiger partial charge is 0.365 e. The zero-order chi connectivity index (χ0) is 14.1. The summed E-state index contributed by atoms with van der Waals surface area (Å²) in [5.74, 6) is 0.